The van der Waals surface area contributed by atoms with Crippen molar-refractivity contribution < 1.29 is 4.74 Å². The third-order valence-electron chi connectivity index (χ3n) is 4.19. The molecule has 24 heavy (non-hydrogen) atoms. The lowest BCUT2D eigenvalue weighted by atomic mass is 10.1. The minimum atomic E-state index is 0.165. The normalized spacial score (nSPS) is 15.8. The third kappa shape index (κ3) is 2.86. The number of piperidine rings is 1. The van der Waals surface area contributed by atoms with Crippen LogP contribution in [0.3, 0.4) is 0 Å². The molecule has 4 rings (SSSR count). The van der Waals surface area contributed by atoms with Crippen LogP contribution in [0.2, 0.25) is 0 Å². The van der Waals surface area contributed by atoms with Crippen LogP contribution in [0.5, 0.6) is 5.88 Å². The van der Waals surface area contributed by atoms with Gasteiger partial charge in [0.05, 0.1) is 11.9 Å². The molecule has 0 aliphatic carbocycles. The number of aromatic nitrogens is 6. The molecule has 0 saturated carbocycles. The van der Waals surface area contributed by atoms with Gasteiger partial charge in [-0.1, -0.05) is 0 Å². The van der Waals surface area contributed by atoms with E-state index in [2.05, 4.69) is 30.2 Å². The molecule has 1 aliphatic heterocycles. The summed E-state index contributed by atoms with van der Waals surface area (Å²) >= 11 is 0. The number of hydrogen-bond acceptors (Lipinski definition) is 7. The Balaban J connectivity index is 1.42. The zero-order valence-corrected chi connectivity index (χ0v) is 13.8. The fourth-order valence-electron chi connectivity index (χ4n) is 2.93. The Morgan fingerprint density at radius 2 is 1.92 bits per heavy atom. The zero-order chi connectivity index (χ0) is 16.5. The Morgan fingerprint density at radius 1 is 1.08 bits per heavy atom. The fraction of sp³-hybridized carbons (Fsp3) is 0.438. The van der Waals surface area contributed by atoms with Crippen LogP contribution in [0.25, 0.3) is 5.65 Å². The van der Waals surface area contributed by atoms with Crippen molar-refractivity contribution in [3.8, 4) is 5.88 Å². The Labute approximate surface area is 139 Å². The van der Waals surface area contributed by atoms with E-state index in [0.717, 1.165) is 48.9 Å². The monoisotopic (exact) mass is 325 g/mol. The molecule has 0 N–H and O–H groups in total. The molecule has 1 fully saturated rings. The lowest BCUT2D eigenvalue weighted by molar-refractivity contribution is 0.162. The molecule has 1 aliphatic rings. The van der Waals surface area contributed by atoms with Gasteiger partial charge in [-0.15, -0.1) is 15.3 Å². The molecule has 0 atom stereocenters. The van der Waals surface area contributed by atoms with Gasteiger partial charge in [0.2, 0.25) is 5.88 Å². The van der Waals surface area contributed by atoms with Gasteiger partial charge >= 0.3 is 0 Å². The van der Waals surface area contributed by atoms with Gasteiger partial charge in [-0.25, -0.2) is 4.98 Å². The first-order valence-corrected chi connectivity index (χ1v) is 8.08. The van der Waals surface area contributed by atoms with E-state index in [1.54, 1.807) is 16.9 Å². The van der Waals surface area contributed by atoms with Crippen molar-refractivity contribution in [2.75, 3.05) is 18.0 Å². The smallest absolute Gasteiger partial charge is 0.232 e. The van der Waals surface area contributed by atoms with Crippen molar-refractivity contribution >= 4 is 11.5 Å². The van der Waals surface area contributed by atoms with E-state index in [1.807, 2.05) is 26.0 Å². The standard InChI is InChI=1S/C16H19N7O/c1-11-9-17-10-16(18-11)24-13-5-7-22(8-6-13)15-4-3-14-20-19-12(2)23(14)21-15/h3-4,9-10,13H,5-8H2,1-2H3. The maximum atomic E-state index is 5.95. The van der Waals surface area contributed by atoms with E-state index in [4.69, 9.17) is 4.74 Å². The third-order valence-corrected chi connectivity index (χ3v) is 4.19. The molecule has 3 aromatic rings. The minimum absolute atomic E-state index is 0.165. The molecular weight excluding hydrogens is 306 g/mol. The molecule has 4 heterocycles. The first-order valence-electron chi connectivity index (χ1n) is 8.08. The number of ether oxygens (including phenoxy) is 1. The summed E-state index contributed by atoms with van der Waals surface area (Å²) in [5, 5.41) is 12.8. The van der Waals surface area contributed by atoms with Crippen LogP contribution < -0.4 is 9.64 Å². The van der Waals surface area contributed by atoms with Crippen molar-refractivity contribution in [2.45, 2.75) is 32.8 Å². The summed E-state index contributed by atoms with van der Waals surface area (Å²) in [7, 11) is 0. The van der Waals surface area contributed by atoms with Gasteiger partial charge in [-0.3, -0.25) is 4.98 Å². The van der Waals surface area contributed by atoms with Crippen LogP contribution in [0.15, 0.2) is 24.5 Å². The molecule has 3 aromatic heterocycles. The number of rotatable bonds is 3. The maximum absolute atomic E-state index is 5.95. The quantitative estimate of drug-likeness (QED) is 0.723. The SMILES string of the molecule is Cc1cncc(OC2CCN(c3ccc4nnc(C)n4n3)CC2)n1. The van der Waals surface area contributed by atoms with E-state index in [9.17, 15) is 0 Å². The van der Waals surface area contributed by atoms with Gasteiger partial charge in [0, 0.05) is 32.1 Å². The second-order valence-electron chi connectivity index (χ2n) is 6.01. The molecule has 8 heteroatoms. The van der Waals surface area contributed by atoms with Crippen LogP contribution in [0, 0.1) is 13.8 Å². The average Bonchev–Trinajstić information content (AvgIpc) is 2.96. The highest BCUT2D eigenvalue weighted by molar-refractivity contribution is 5.46. The summed E-state index contributed by atoms with van der Waals surface area (Å²) in [6, 6.07) is 3.95. The van der Waals surface area contributed by atoms with E-state index in [-0.39, 0.29) is 6.10 Å². The van der Waals surface area contributed by atoms with Crippen LogP contribution >= 0.6 is 0 Å². The maximum Gasteiger partial charge on any atom is 0.232 e. The summed E-state index contributed by atoms with van der Waals surface area (Å²) in [5.74, 6) is 2.34. The summed E-state index contributed by atoms with van der Waals surface area (Å²) in [6.07, 6.45) is 5.42. The highest BCUT2D eigenvalue weighted by atomic mass is 16.5. The molecule has 0 unspecified atom stereocenters. The van der Waals surface area contributed by atoms with Gasteiger partial charge < -0.3 is 9.64 Å². The molecule has 0 amide bonds. The lowest BCUT2D eigenvalue weighted by Gasteiger charge is -2.32. The van der Waals surface area contributed by atoms with Crippen molar-refractivity contribution in [1.29, 1.82) is 0 Å². The Hall–Kier alpha value is -2.77. The topological polar surface area (TPSA) is 81.3 Å². The molecule has 0 aromatic carbocycles. The van der Waals surface area contributed by atoms with Gasteiger partial charge in [-0.05, 0) is 26.0 Å². The zero-order valence-electron chi connectivity index (χ0n) is 13.8. The van der Waals surface area contributed by atoms with Crippen molar-refractivity contribution in [3.05, 3.63) is 36.0 Å². The second kappa shape index (κ2) is 6.03. The minimum Gasteiger partial charge on any atom is -0.473 e. The van der Waals surface area contributed by atoms with Crippen LogP contribution in [0.4, 0.5) is 5.82 Å². The predicted molar refractivity (Wildman–Crippen MR) is 88.2 cm³/mol. The van der Waals surface area contributed by atoms with Gasteiger partial charge in [0.1, 0.15) is 11.9 Å². The predicted octanol–water partition coefficient (Wildman–Crippen LogP) is 1.58. The first-order chi connectivity index (χ1) is 11.7. The first kappa shape index (κ1) is 14.8. The highest BCUT2D eigenvalue weighted by Gasteiger charge is 2.22. The van der Waals surface area contributed by atoms with Crippen LogP contribution in [-0.4, -0.2) is 49.0 Å². The highest BCUT2D eigenvalue weighted by Crippen LogP contribution is 2.21. The number of nitrogens with zero attached hydrogens (tertiary/aromatic N) is 7. The Kier molecular flexibility index (Phi) is 3.72. The molecule has 0 spiro atoms. The van der Waals surface area contributed by atoms with Crippen molar-refractivity contribution in [3.63, 3.8) is 0 Å². The fourth-order valence-corrected chi connectivity index (χ4v) is 2.93. The number of aryl methyl sites for hydroxylation is 2. The van der Waals surface area contributed by atoms with E-state index >= 15 is 0 Å². The molecule has 0 radical (unpaired) electrons. The second-order valence-corrected chi connectivity index (χ2v) is 6.01. The van der Waals surface area contributed by atoms with Crippen LogP contribution in [0.1, 0.15) is 24.4 Å². The van der Waals surface area contributed by atoms with E-state index in [1.165, 1.54) is 0 Å². The molecular formula is C16H19N7O. The van der Waals surface area contributed by atoms with Crippen molar-refractivity contribution in [1.82, 2.24) is 29.8 Å². The molecule has 0 bridgehead atoms. The number of fused-ring (bicyclic) bond motifs is 1. The van der Waals surface area contributed by atoms with Gasteiger partial charge in [-0.2, -0.15) is 4.52 Å². The molecule has 1 saturated heterocycles. The largest absolute Gasteiger partial charge is 0.473 e. The van der Waals surface area contributed by atoms with E-state index in [0.29, 0.717) is 5.88 Å². The van der Waals surface area contributed by atoms with Crippen LogP contribution in [-0.2, 0) is 0 Å². The Morgan fingerprint density at radius 3 is 2.71 bits per heavy atom. The average molecular weight is 325 g/mol. The van der Waals surface area contributed by atoms with Crippen molar-refractivity contribution in [2.24, 2.45) is 0 Å². The summed E-state index contributed by atoms with van der Waals surface area (Å²) < 4.78 is 7.73. The summed E-state index contributed by atoms with van der Waals surface area (Å²) in [6.45, 7) is 5.60. The van der Waals surface area contributed by atoms with E-state index < -0.39 is 0 Å². The Bertz CT molecular complexity index is 855. The molecule has 124 valence electrons. The lowest BCUT2D eigenvalue weighted by Crippen LogP contribution is -2.39. The number of anilines is 1. The summed E-state index contributed by atoms with van der Waals surface area (Å²) in [4.78, 5) is 10.7. The van der Waals surface area contributed by atoms with Gasteiger partial charge in [0.25, 0.3) is 0 Å². The van der Waals surface area contributed by atoms with Gasteiger partial charge in [0.15, 0.2) is 11.5 Å². The molecule has 8 nitrogen and oxygen atoms in total. The number of hydrogen-bond donors (Lipinski definition) is 0. The summed E-state index contributed by atoms with van der Waals surface area (Å²) in [5.41, 5.74) is 1.64.